The first-order chi connectivity index (χ1) is 9.45. The molecular weight excluding hydrogens is 318 g/mol. The first-order valence-electron chi connectivity index (χ1n) is 6.18. The van der Waals surface area contributed by atoms with Crippen molar-refractivity contribution in [3.63, 3.8) is 0 Å². The maximum absolute atomic E-state index is 12.2. The van der Waals surface area contributed by atoms with Crippen LogP contribution in [0, 0.1) is 0 Å². The molecule has 0 aliphatic rings. The molecule has 5 heteroatoms. The average Bonchev–Trinajstić information content (AvgIpc) is 2.38. The monoisotopic (exact) mass is 333 g/mol. The van der Waals surface area contributed by atoms with Crippen LogP contribution in [0.1, 0.15) is 28.9 Å². The number of anilines is 2. The van der Waals surface area contributed by atoms with Crippen molar-refractivity contribution >= 4 is 33.2 Å². The zero-order valence-electron chi connectivity index (χ0n) is 11.1. The van der Waals surface area contributed by atoms with Crippen LogP contribution in [0.5, 0.6) is 0 Å². The lowest BCUT2D eigenvalue weighted by Gasteiger charge is -2.15. The van der Waals surface area contributed by atoms with E-state index in [4.69, 9.17) is 11.5 Å². The Morgan fingerprint density at radius 3 is 2.20 bits per heavy atom. The number of benzene rings is 2. The summed E-state index contributed by atoms with van der Waals surface area (Å²) in [4.78, 5) is 12.2. The first-order valence-corrected chi connectivity index (χ1v) is 6.97. The molecule has 2 rings (SSSR count). The molecule has 0 spiro atoms. The van der Waals surface area contributed by atoms with Crippen molar-refractivity contribution in [2.75, 3.05) is 11.5 Å². The van der Waals surface area contributed by atoms with Gasteiger partial charge in [0.25, 0.3) is 5.91 Å². The van der Waals surface area contributed by atoms with Gasteiger partial charge in [-0.15, -0.1) is 0 Å². The van der Waals surface area contributed by atoms with E-state index in [2.05, 4.69) is 21.2 Å². The lowest BCUT2D eigenvalue weighted by molar-refractivity contribution is 0.0940. The molecule has 1 amide bonds. The highest BCUT2D eigenvalue weighted by Crippen LogP contribution is 2.18. The maximum atomic E-state index is 12.2. The molecule has 2 aromatic carbocycles. The van der Waals surface area contributed by atoms with E-state index < -0.39 is 0 Å². The summed E-state index contributed by atoms with van der Waals surface area (Å²) in [5.41, 5.74) is 13.8. The molecule has 0 bridgehead atoms. The zero-order valence-corrected chi connectivity index (χ0v) is 12.6. The predicted octanol–water partition coefficient (Wildman–Crippen LogP) is 3.10. The quantitative estimate of drug-likeness (QED) is 0.755. The highest BCUT2D eigenvalue weighted by Gasteiger charge is 2.12. The summed E-state index contributed by atoms with van der Waals surface area (Å²) in [6.07, 6.45) is 0. The molecule has 0 fully saturated rings. The van der Waals surface area contributed by atoms with Gasteiger partial charge in [0, 0.05) is 21.4 Å². The number of carbonyl (C=O) groups is 1. The topological polar surface area (TPSA) is 81.1 Å². The van der Waals surface area contributed by atoms with Gasteiger partial charge in [-0.2, -0.15) is 0 Å². The van der Waals surface area contributed by atoms with Crippen LogP contribution in [0.2, 0.25) is 0 Å². The minimum absolute atomic E-state index is 0.0988. The second-order valence-electron chi connectivity index (χ2n) is 4.64. The highest BCUT2D eigenvalue weighted by molar-refractivity contribution is 9.10. The van der Waals surface area contributed by atoms with Gasteiger partial charge in [-0.25, -0.2) is 0 Å². The Kier molecular flexibility index (Phi) is 4.29. The van der Waals surface area contributed by atoms with Crippen molar-refractivity contribution < 1.29 is 4.79 Å². The van der Waals surface area contributed by atoms with Gasteiger partial charge in [0.05, 0.1) is 6.04 Å². The van der Waals surface area contributed by atoms with E-state index in [0.29, 0.717) is 16.9 Å². The lowest BCUT2D eigenvalue weighted by Crippen LogP contribution is -2.26. The summed E-state index contributed by atoms with van der Waals surface area (Å²) in [6.45, 7) is 1.93. The molecule has 1 unspecified atom stereocenters. The van der Waals surface area contributed by atoms with E-state index in [1.54, 1.807) is 18.2 Å². The molecule has 0 aromatic heterocycles. The Morgan fingerprint density at radius 2 is 1.65 bits per heavy atom. The summed E-state index contributed by atoms with van der Waals surface area (Å²) >= 11 is 3.38. The number of carbonyl (C=O) groups excluding carboxylic acids is 1. The van der Waals surface area contributed by atoms with Crippen molar-refractivity contribution in [2.24, 2.45) is 0 Å². The molecule has 5 N–H and O–H groups in total. The molecule has 0 aliphatic carbocycles. The minimum Gasteiger partial charge on any atom is -0.399 e. The second kappa shape index (κ2) is 5.96. The SMILES string of the molecule is CC(NC(=O)c1cc(N)cc(N)c1)c1ccc(Br)cc1. The minimum atomic E-state index is -0.195. The fraction of sp³-hybridized carbons (Fsp3) is 0.133. The molecule has 0 heterocycles. The van der Waals surface area contributed by atoms with Crippen LogP contribution < -0.4 is 16.8 Å². The number of hydrogen-bond donors (Lipinski definition) is 3. The van der Waals surface area contributed by atoms with Gasteiger partial charge in [0.15, 0.2) is 0 Å². The van der Waals surface area contributed by atoms with Crippen molar-refractivity contribution in [1.29, 1.82) is 0 Å². The van der Waals surface area contributed by atoms with Gasteiger partial charge >= 0.3 is 0 Å². The van der Waals surface area contributed by atoms with Gasteiger partial charge in [0.2, 0.25) is 0 Å². The number of hydrogen-bond acceptors (Lipinski definition) is 3. The molecule has 0 saturated carbocycles. The Balaban J connectivity index is 2.12. The van der Waals surface area contributed by atoms with Gasteiger partial charge < -0.3 is 16.8 Å². The largest absolute Gasteiger partial charge is 0.399 e. The molecule has 0 saturated heterocycles. The molecule has 0 radical (unpaired) electrons. The van der Waals surface area contributed by atoms with Gasteiger partial charge in [-0.1, -0.05) is 28.1 Å². The molecule has 0 aliphatic heterocycles. The van der Waals surface area contributed by atoms with Crippen LogP contribution in [0.25, 0.3) is 0 Å². The number of nitrogen functional groups attached to an aromatic ring is 2. The van der Waals surface area contributed by atoms with Crippen molar-refractivity contribution in [1.82, 2.24) is 5.32 Å². The normalized spacial score (nSPS) is 11.9. The highest BCUT2D eigenvalue weighted by atomic mass is 79.9. The van der Waals surface area contributed by atoms with Crippen molar-refractivity contribution in [3.8, 4) is 0 Å². The Bertz CT molecular complexity index is 605. The molecule has 1 atom stereocenters. The van der Waals surface area contributed by atoms with Gasteiger partial charge in [0.1, 0.15) is 0 Å². The standard InChI is InChI=1S/C15H16BrN3O/c1-9(10-2-4-12(16)5-3-10)19-15(20)11-6-13(17)8-14(18)7-11/h2-9H,17-18H2,1H3,(H,19,20). The molecule has 4 nitrogen and oxygen atoms in total. The van der Waals surface area contributed by atoms with Crippen molar-refractivity contribution in [3.05, 3.63) is 58.1 Å². The number of rotatable bonds is 3. The third kappa shape index (κ3) is 3.51. The van der Waals surface area contributed by atoms with E-state index in [9.17, 15) is 4.79 Å². The summed E-state index contributed by atoms with van der Waals surface area (Å²) < 4.78 is 1.00. The fourth-order valence-corrected chi connectivity index (χ4v) is 2.19. The van der Waals surface area contributed by atoms with E-state index in [0.717, 1.165) is 10.0 Å². The third-order valence-electron chi connectivity index (χ3n) is 2.96. The zero-order chi connectivity index (χ0) is 14.7. The van der Waals surface area contributed by atoms with E-state index in [-0.39, 0.29) is 11.9 Å². The second-order valence-corrected chi connectivity index (χ2v) is 5.55. The summed E-state index contributed by atoms with van der Waals surface area (Å²) in [5, 5.41) is 2.92. The van der Waals surface area contributed by atoms with Crippen LogP contribution >= 0.6 is 15.9 Å². The number of halogens is 1. The molecule has 2 aromatic rings. The first kappa shape index (κ1) is 14.4. The van der Waals surface area contributed by atoms with Crippen LogP contribution in [0.3, 0.4) is 0 Å². The smallest absolute Gasteiger partial charge is 0.251 e. The number of nitrogens with two attached hydrogens (primary N) is 2. The van der Waals surface area contributed by atoms with Crippen LogP contribution in [-0.4, -0.2) is 5.91 Å². The van der Waals surface area contributed by atoms with Crippen molar-refractivity contribution in [2.45, 2.75) is 13.0 Å². The maximum Gasteiger partial charge on any atom is 0.251 e. The van der Waals surface area contributed by atoms with E-state index in [1.165, 1.54) is 0 Å². The summed E-state index contributed by atoms with van der Waals surface area (Å²) in [7, 11) is 0. The number of amides is 1. The van der Waals surface area contributed by atoms with Crippen LogP contribution in [-0.2, 0) is 0 Å². The molecular formula is C15H16BrN3O. The van der Waals surface area contributed by atoms with E-state index in [1.807, 2.05) is 31.2 Å². The van der Waals surface area contributed by atoms with E-state index >= 15 is 0 Å². The predicted molar refractivity (Wildman–Crippen MR) is 85.3 cm³/mol. The molecule has 20 heavy (non-hydrogen) atoms. The number of nitrogens with one attached hydrogen (secondary N) is 1. The Morgan fingerprint density at radius 1 is 1.10 bits per heavy atom. The van der Waals surface area contributed by atoms with Crippen LogP contribution in [0.15, 0.2) is 46.9 Å². The molecule has 104 valence electrons. The average molecular weight is 334 g/mol. The summed E-state index contributed by atoms with van der Waals surface area (Å²) in [5.74, 6) is -0.195. The summed E-state index contributed by atoms with van der Waals surface area (Å²) in [6, 6.07) is 12.5. The Hall–Kier alpha value is -2.01. The van der Waals surface area contributed by atoms with Crippen LogP contribution in [0.4, 0.5) is 11.4 Å². The fourth-order valence-electron chi connectivity index (χ4n) is 1.92. The third-order valence-corrected chi connectivity index (χ3v) is 3.49. The Labute approximate surface area is 126 Å². The lowest BCUT2D eigenvalue weighted by atomic mass is 10.1. The van der Waals surface area contributed by atoms with Gasteiger partial charge in [-0.05, 0) is 42.8 Å². The van der Waals surface area contributed by atoms with Gasteiger partial charge in [-0.3, -0.25) is 4.79 Å².